The molecule has 1 fully saturated rings. The number of carboxylic acid groups (broad SMARTS) is 1. The van der Waals surface area contributed by atoms with Gasteiger partial charge >= 0.3 is 5.97 Å². The Balaban J connectivity index is 1.90. The number of carboxylic acids is 1. The van der Waals surface area contributed by atoms with Crippen molar-refractivity contribution < 1.29 is 14.7 Å². The summed E-state index contributed by atoms with van der Waals surface area (Å²) in [6, 6.07) is 6.94. The Labute approximate surface area is 118 Å². The molecule has 1 aromatic carbocycles. The van der Waals surface area contributed by atoms with Crippen LogP contribution in [0.1, 0.15) is 40.5 Å². The summed E-state index contributed by atoms with van der Waals surface area (Å²) in [6.45, 7) is 4.44. The molecule has 108 valence electrons. The van der Waals surface area contributed by atoms with E-state index in [2.05, 4.69) is 17.1 Å². The summed E-state index contributed by atoms with van der Waals surface area (Å²) in [6.07, 6.45) is 2.48. The molecule has 20 heavy (non-hydrogen) atoms. The summed E-state index contributed by atoms with van der Waals surface area (Å²) < 4.78 is 0. The van der Waals surface area contributed by atoms with E-state index in [4.69, 9.17) is 5.11 Å². The molecule has 0 spiro atoms. The minimum atomic E-state index is -1.08. The first kappa shape index (κ1) is 14.5. The first-order chi connectivity index (χ1) is 9.63. The number of aromatic carboxylic acids is 1. The Kier molecular flexibility index (Phi) is 4.74. The van der Waals surface area contributed by atoms with E-state index in [0.29, 0.717) is 12.6 Å². The van der Waals surface area contributed by atoms with Gasteiger partial charge in [-0.05, 0) is 31.5 Å². The average Bonchev–Trinajstić information content (AvgIpc) is 3.28. The fourth-order valence-corrected chi connectivity index (χ4v) is 2.31. The van der Waals surface area contributed by atoms with Crippen molar-refractivity contribution in [3.05, 3.63) is 35.4 Å². The number of likely N-dealkylation sites (N-methyl/N-ethyl adjacent to an activating group) is 1. The second-order valence-corrected chi connectivity index (χ2v) is 4.97. The highest BCUT2D eigenvalue weighted by molar-refractivity contribution is 6.04. The van der Waals surface area contributed by atoms with Crippen LogP contribution >= 0.6 is 0 Å². The maximum absolute atomic E-state index is 12.0. The molecule has 2 N–H and O–H groups in total. The molecular formula is C15H20N2O3. The highest BCUT2D eigenvalue weighted by Crippen LogP contribution is 2.25. The molecule has 5 heteroatoms. The van der Waals surface area contributed by atoms with E-state index in [0.717, 1.165) is 13.1 Å². The van der Waals surface area contributed by atoms with Crippen molar-refractivity contribution in [1.82, 2.24) is 10.2 Å². The van der Waals surface area contributed by atoms with E-state index in [-0.39, 0.29) is 17.0 Å². The third kappa shape index (κ3) is 3.57. The monoisotopic (exact) mass is 276 g/mol. The van der Waals surface area contributed by atoms with Gasteiger partial charge in [0.05, 0.1) is 11.1 Å². The summed E-state index contributed by atoms with van der Waals surface area (Å²) in [5.41, 5.74) is 0.258. The zero-order valence-corrected chi connectivity index (χ0v) is 11.6. The number of benzene rings is 1. The third-order valence-corrected chi connectivity index (χ3v) is 3.56. The second-order valence-electron chi connectivity index (χ2n) is 4.97. The van der Waals surface area contributed by atoms with Crippen LogP contribution in [0, 0.1) is 0 Å². The minimum absolute atomic E-state index is 0.0412. The molecule has 5 nitrogen and oxygen atoms in total. The largest absolute Gasteiger partial charge is 0.478 e. The van der Waals surface area contributed by atoms with Gasteiger partial charge in [-0.25, -0.2) is 4.79 Å². The van der Waals surface area contributed by atoms with Gasteiger partial charge in [0.25, 0.3) is 5.91 Å². The van der Waals surface area contributed by atoms with Crippen LogP contribution < -0.4 is 5.32 Å². The predicted octanol–water partition coefficient (Wildman–Crippen LogP) is 1.60. The Morgan fingerprint density at radius 1 is 1.30 bits per heavy atom. The molecule has 0 saturated heterocycles. The van der Waals surface area contributed by atoms with Gasteiger partial charge in [-0.15, -0.1) is 0 Å². The number of nitrogens with zero attached hydrogens (tertiary/aromatic N) is 1. The lowest BCUT2D eigenvalue weighted by Crippen LogP contribution is -2.36. The minimum Gasteiger partial charge on any atom is -0.478 e. The Morgan fingerprint density at radius 2 is 1.95 bits per heavy atom. The van der Waals surface area contributed by atoms with Gasteiger partial charge in [0, 0.05) is 19.1 Å². The topological polar surface area (TPSA) is 69.6 Å². The van der Waals surface area contributed by atoms with E-state index in [9.17, 15) is 9.59 Å². The predicted molar refractivity (Wildman–Crippen MR) is 76.0 cm³/mol. The average molecular weight is 276 g/mol. The van der Waals surface area contributed by atoms with E-state index in [1.54, 1.807) is 12.1 Å². The second kappa shape index (κ2) is 6.52. The highest BCUT2D eigenvalue weighted by Gasteiger charge is 2.27. The molecule has 0 aliphatic heterocycles. The van der Waals surface area contributed by atoms with E-state index >= 15 is 0 Å². The molecule has 1 amide bonds. The number of carbonyl (C=O) groups is 2. The zero-order valence-electron chi connectivity index (χ0n) is 11.6. The van der Waals surface area contributed by atoms with Crippen LogP contribution in [0.5, 0.6) is 0 Å². The van der Waals surface area contributed by atoms with Crippen molar-refractivity contribution in [1.29, 1.82) is 0 Å². The van der Waals surface area contributed by atoms with Crippen molar-refractivity contribution in [3.8, 4) is 0 Å². The lowest BCUT2D eigenvalue weighted by molar-refractivity contribution is 0.0691. The molecule has 0 unspecified atom stereocenters. The SMILES string of the molecule is CCN(CCNC(=O)c1ccccc1C(=O)O)C1CC1. The molecule has 0 aromatic heterocycles. The van der Waals surface area contributed by atoms with Crippen LogP contribution in [0.15, 0.2) is 24.3 Å². The maximum atomic E-state index is 12.0. The van der Waals surface area contributed by atoms with Gasteiger partial charge in [-0.2, -0.15) is 0 Å². The van der Waals surface area contributed by atoms with Gasteiger partial charge in [-0.3, -0.25) is 9.69 Å². The number of amides is 1. The zero-order chi connectivity index (χ0) is 14.5. The fourth-order valence-electron chi connectivity index (χ4n) is 2.31. The molecule has 1 saturated carbocycles. The normalized spacial score (nSPS) is 14.3. The Hall–Kier alpha value is -1.88. The van der Waals surface area contributed by atoms with Crippen LogP contribution in [-0.2, 0) is 0 Å². The van der Waals surface area contributed by atoms with Gasteiger partial charge in [0.15, 0.2) is 0 Å². The Morgan fingerprint density at radius 3 is 2.50 bits per heavy atom. The van der Waals surface area contributed by atoms with Crippen molar-refractivity contribution in [3.63, 3.8) is 0 Å². The van der Waals surface area contributed by atoms with Gasteiger partial charge in [-0.1, -0.05) is 19.1 Å². The highest BCUT2D eigenvalue weighted by atomic mass is 16.4. The Bertz CT molecular complexity index is 498. The van der Waals surface area contributed by atoms with E-state index in [1.807, 2.05) is 0 Å². The van der Waals surface area contributed by atoms with Crippen LogP contribution in [0.3, 0.4) is 0 Å². The molecular weight excluding hydrogens is 256 g/mol. The molecule has 0 radical (unpaired) electrons. The fraction of sp³-hybridized carbons (Fsp3) is 0.467. The number of rotatable bonds is 7. The first-order valence-corrected chi connectivity index (χ1v) is 6.98. The molecule has 0 bridgehead atoms. The summed E-state index contributed by atoms with van der Waals surface area (Å²) in [5, 5.41) is 11.9. The quantitative estimate of drug-likeness (QED) is 0.793. The molecule has 0 atom stereocenters. The van der Waals surface area contributed by atoms with Gasteiger partial charge in [0.1, 0.15) is 0 Å². The van der Waals surface area contributed by atoms with Crippen LogP contribution in [0.25, 0.3) is 0 Å². The molecule has 2 rings (SSSR count). The summed E-state index contributed by atoms with van der Waals surface area (Å²) >= 11 is 0. The number of hydrogen-bond donors (Lipinski definition) is 2. The van der Waals surface area contributed by atoms with Crippen molar-refractivity contribution in [2.45, 2.75) is 25.8 Å². The number of hydrogen-bond acceptors (Lipinski definition) is 3. The van der Waals surface area contributed by atoms with Crippen LogP contribution in [-0.4, -0.2) is 47.6 Å². The van der Waals surface area contributed by atoms with Crippen LogP contribution in [0.4, 0.5) is 0 Å². The van der Waals surface area contributed by atoms with E-state index in [1.165, 1.54) is 25.0 Å². The molecule has 1 aliphatic rings. The number of nitrogens with one attached hydrogen (secondary N) is 1. The van der Waals surface area contributed by atoms with Crippen molar-refractivity contribution in [2.75, 3.05) is 19.6 Å². The van der Waals surface area contributed by atoms with Crippen LogP contribution in [0.2, 0.25) is 0 Å². The standard InChI is InChI=1S/C15H20N2O3/c1-2-17(11-7-8-11)10-9-16-14(18)12-5-3-4-6-13(12)15(19)20/h3-6,11H,2,7-10H2,1H3,(H,16,18)(H,19,20). The first-order valence-electron chi connectivity index (χ1n) is 6.98. The summed E-state index contributed by atoms with van der Waals surface area (Å²) in [7, 11) is 0. The molecule has 0 heterocycles. The number of carbonyl (C=O) groups excluding carboxylic acids is 1. The lowest BCUT2D eigenvalue weighted by Gasteiger charge is -2.19. The smallest absolute Gasteiger partial charge is 0.336 e. The summed E-state index contributed by atoms with van der Waals surface area (Å²) in [4.78, 5) is 25.4. The molecule has 1 aliphatic carbocycles. The molecule has 1 aromatic rings. The van der Waals surface area contributed by atoms with Crippen molar-refractivity contribution >= 4 is 11.9 Å². The summed E-state index contributed by atoms with van der Waals surface area (Å²) in [5.74, 6) is -1.40. The van der Waals surface area contributed by atoms with Crippen molar-refractivity contribution in [2.24, 2.45) is 0 Å². The van der Waals surface area contributed by atoms with Gasteiger partial charge < -0.3 is 10.4 Å². The lowest BCUT2D eigenvalue weighted by atomic mass is 10.1. The maximum Gasteiger partial charge on any atom is 0.336 e. The van der Waals surface area contributed by atoms with E-state index < -0.39 is 5.97 Å². The van der Waals surface area contributed by atoms with Gasteiger partial charge in [0.2, 0.25) is 0 Å². The third-order valence-electron chi connectivity index (χ3n) is 3.56.